The Hall–Kier alpha value is -3.07. The van der Waals surface area contributed by atoms with Crippen molar-refractivity contribution in [3.63, 3.8) is 0 Å². The first kappa shape index (κ1) is 25.6. The summed E-state index contributed by atoms with van der Waals surface area (Å²) >= 11 is 1.46. The summed E-state index contributed by atoms with van der Waals surface area (Å²) in [6.07, 6.45) is -2.97. The van der Waals surface area contributed by atoms with Crippen LogP contribution in [0, 0.1) is 13.8 Å². The Morgan fingerprint density at radius 3 is 2.26 bits per heavy atom. The van der Waals surface area contributed by atoms with Crippen LogP contribution in [0.2, 0.25) is 0 Å². The number of alkyl halides is 3. The van der Waals surface area contributed by atoms with Crippen LogP contribution in [0.5, 0.6) is 11.5 Å². The van der Waals surface area contributed by atoms with E-state index in [4.69, 9.17) is 9.47 Å². The molecule has 0 saturated carbocycles. The van der Waals surface area contributed by atoms with Gasteiger partial charge in [-0.15, -0.1) is 11.3 Å². The summed E-state index contributed by atoms with van der Waals surface area (Å²) in [7, 11) is 0. The van der Waals surface area contributed by atoms with Crippen LogP contribution in [-0.2, 0) is 17.4 Å². The molecule has 9 heteroatoms. The molecule has 0 saturated heterocycles. The molecule has 0 aliphatic heterocycles. The lowest BCUT2D eigenvalue weighted by Crippen LogP contribution is -2.38. The first-order valence-electron chi connectivity index (χ1n) is 10.7. The monoisotopic (exact) mass is 493 g/mol. The molecule has 0 spiro atoms. The molecule has 0 unspecified atom stereocenters. The minimum atomic E-state index is -4.36. The Kier molecular flexibility index (Phi) is 7.55. The fourth-order valence-electron chi connectivity index (χ4n) is 3.15. The Morgan fingerprint density at radius 1 is 1.03 bits per heavy atom. The number of aryl methyl sites for hydroxylation is 1. The number of carboxylic acid groups (broad SMARTS) is 1. The van der Waals surface area contributed by atoms with Gasteiger partial charge in [0.2, 0.25) is 0 Å². The van der Waals surface area contributed by atoms with Crippen LogP contribution < -0.4 is 9.47 Å². The maximum Gasteiger partial charge on any atom is 0.416 e. The van der Waals surface area contributed by atoms with Crippen LogP contribution in [0.3, 0.4) is 0 Å². The van der Waals surface area contributed by atoms with Crippen molar-refractivity contribution in [2.75, 3.05) is 6.61 Å². The van der Waals surface area contributed by atoms with Gasteiger partial charge in [-0.3, -0.25) is 0 Å². The van der Waals surface area contributed by atoms with E-state index >= 15 is 0 Å². The number of rotatable bonds is 9. The maximum atomic E-state index is 12.7. The van der Waals surface area contributed by atoms with Gasteiger partial charge in [0, 0.05) is 17.4 Å². The van der Waals surface area contributed by atoms with E-state index in [2.05, 4.69) is 4.98 Å². The zero-order valence-electron chi connectivity index (χ0n) is 19.3. The third-order valence-electron chi connectivity index (χ3n) is 5.42. The summed E-state index contributed by atoms with van der Waals surface area (Å²) in [5.74, 6) is 0.145. The van der Waals surface area contributed by atoms with Gasteiger partial charge in [-0.25, -0.2) is 9.78 Å². The molecule has 0 atom stereocenters. The largest absolute Gasteiger partial charge is 0.493 e. The average molecular weight is 494 g/mol. The van der Waals surface area contributed by atoms with E-state index in [0.717, 1.165) is 28.3 Å². The summed E-state index contributed by atoms with van der Waals surface area (Å²) < 4.78 is 49.8. The van der Waals surface area contributed by atoms with Crippen LogP contribution >= 0.6 is 11.3 Å². The lowest BCUT2D eigenvalue weighted by atomic mass is 10.1. The summed E-state index contributed by atoms with van der Waals surface area (Å²) in [6.45, 7) is 7.19. The average Bonchev–Trinajstić information content (AvgIpc) is 3.24. The van der Waals surface area contributed by atoms with Crippen LogP contribution in [-0.4, -0.2) is 28.3 Å². The van der Waals surface area contributed by atoms with Gasteiger partial charge in [-0.05, 0) is 69.5 Å². The molecule has 182 valence electrons. The highest BCUT2D eigenvalue weighted by Gasteiger charge is 2.31. The molecule has 5 nitrogen and oxygen atoms in total. The van der Waals surface area contributed by atoms with E-state index in [1.165, 1.54) is 37.3 Å². The number of carbonyl (C=O) groups is 1. The van der Waals surface area contributed by atoms with Crippen LogP contribution in [0.4, 0.5) is 13.2 Å². The summed E-state index contributed by atoms with van der Waals surface area (Å²) in [6, 6.07) is 8.46. The predicted octanol–water partition coefficient (Wildman–Crippen LogP) is 6.70. The third-order valence-corrected chi connectivity index (χ3v) is 6.33. The Labute approximate surface area is 200 Å². The molecule has 0 aliphatic carbocycles. The highest BCUT2D eigenvalue weighted by Crippen LogP contribution is 2.33. The number of thiazole rings is 1. The van der Waals surface area contributed by atoms with Crippen LogP contribution in [0.25, 0.3) is 11.3 Å². The molecule has 1 N–H and O–H groups in total. The van der Waals surface area contributed by atoms with Crippen LogP contribution in [0.1, 0.15) is 42.0 Å². The number of aromatic nitrogens is 1. The smallest absolute Gasteiger partial charge is 0.416 e. The van der Waals surface area contributed by atoms with E-state index < -0.39 is 23.3 Å². The molecule has 0 bridgehead atoms. The number of benzene rings is 2. The van der Waals surface area contributed by atoms with Crippen LogP contribution in [0.15, 0.2) is 41.8 Å². The van der Waals surface area contributed by atoms with E-state index in [1.54, 1.807) is 12.1 Å². The highest BCUT2D eigenvalue weighted by molar-refractivity contribution is 7.09. The molecule has 2 aromatic carbocycles. The molecule has 0 amide bonds. The van der Waals surface area contributed by atoms with Crippen molar-refractivity contribution in [1.82, 2.24) is 4.98 Å². The lowest BCUT2D eigenvalue weighted by Gasteiger charge is -2.24. The molecule has 1 aromatic heterocycles. The normalized spacial score (nSPS) is 12.0. The van der Waals surface area contributed by atoms with Crippen molar-refractivity contribution in [1.29, 1.82) is 0 Å². The maximum absolute atomic E-state index is 12.7. The minimum absolute atomic E-state index is 0.455. The van der Waals surface area contributed by atoms with Crippen molar-refractivity contribution in [2.45, 2.75) is 52.3 Å². The third kappa shape index (κ3) is 6.08. The number of aliphatic carboxylic acids is 1. The highest BCUT2D eigenvalue weighted by atomic mass is 32.1. The zero-order chi connectivity index (χ0) is 25.1. The Balaban J connectivity index is 1.55. The van der Waals surface area contributed by atoms with Gasteiger partial charge in [0.15, 0.2) is 5.60 Å². The van der Waals surface area contributed by atoms with Crippen molar-refractivity contribution in [3.8, 4) is 22.8 Å². The number of hydrogen-bond acceptors (Lipinski definition) is 5. The van der Waals surface area contributed by atoms with E-state index in [-0.39, 0.29) is 0 Å². The molecular formula is C25H26F3NO4S. The molecule has 0 fully saturated rings. The first-order chi connectivity index (χ1) is 15.9. The number of carboxylic acids is 1. The van der Waals surface area contributed by atoms with Gasteiger partial charge in [-0.1, -0.05) is 12.1 Å². The molecule has 3 aromatic rings. The van der Waals surface area contributed by atoms with Gasteiger partial charge in [0.05, 0.1) is 22.9 Å². The molecule has 3 rings (SSSR count). The standard InChI is InChI=1S/C25H26F3NO4S/c1-15-16(2)21(33-24(3,4)23(30)31)12-11-20(15)32-13-5-6-22-29-19(14-34-22)17-7-9-18(10-8-17)25(26,27)28/h7-12,14H,5-6,13H2,1-4H3,(H,30,31). The van der Waals surface area contributed by atoms with Gasteiger partial charge >= 0.3 is 12.1 Å². The SMILES string of the molecule is Cc1c(OCCCc2nc(-c3ccc(C(F)(F)F)cc3)cs2)ccc(OC(C)(C)C(=O)O)c1C. The summed E-state index contributed by atoms with van der Waals surface area (Å²) in [4.78, 5) is 15.8. The van der Waals surface area contributed by atoms with Crippen molar-refractivity contribution in [2.24, 2.45) is 0 Å². The van der Waals surface area contributed by atoms with Gasteiger partial charge in [-0.2, -0.15) is 13.2 Å². The molecular weight excluding hydrogens is 467 g/mol. The molecule has 0 radical (unpaired) electrons. The summed E-state index contributed by atoms with van der Waals surface area (Å²) in [5, 5.41) is 12.0. The Bertz CT molecular complexity index is 1150. The van der Waals surface area contributed by atoms with Gasteiger partial charge in [0.25, 0.3) is 0 Å². The van der Waals surface area contributed by atoms with E-state index in [1.807, 2.05) is 19.2 Å². The fourth-order valence-corrected chi connectivity index (χ4v) is 4.00. The predicted molar refractivity (Wildman–Crippen MR) is 125 cm³/mol. The molecule has 34 heavy (non-hydrogen) atoms. The minimum Gasteiger partial charge on any atom is -0.493 e. The topological polar surface area (TPSA) is 68.7 Å². The quantitative estimate of drug-likeness (QED) is 0.336. The number of nitrogens with zero attached hydrogens (tertiary/aromatic N) is 1. The second-order valence-corrected chi connectivity index (χ2v) is 9.33. The van der Waals surface area contributed by atoms with E-state index in [9.17, 15) is 23.1 Å². The first-order valence-corrected chi connectivity index (χ1v) is 11.5. The van der Waals surface area contributed by atoms with Gasteiger partial charge < -0.3 is 14.6 Å². The zero-order valence-corrected chi connectivity index (χ0v) is 20.1. The number of ether oxygens (including phenoxy) is 2. The number of hydrogen-bond donors (Lipinski definition) is 1. The molecule has 1 heterocycles. The van der Waals surface area contributed by atoms with Crippen molar-refractivity contribution in [3.05, 3.63) is 63.5 Å². The van der Waals surface area contributed by atoms with Gasteiger partial charge in [0.1, 0.15) is 11.5 Å². The van der Waals surface area contributed by atoms with E-state index in [0.29, 0.717) is 42.2 Å². The lowest BCUT2D eigenvalue weighted by molar-refractivity contribution is -0.152. The van der Waals surface area contributed by atoms with Crippen molar-refractivity contribution >= 4 is 17.3 Å². The second kappa shape index (κ2) is 10.0. The fraction of sp³-hybridized carbons (Fsp3) is 0.360. The number of halogens is 3. The Morgan fingerprint density at radius 2 is 1.65 bits per heavy atom. The van der Waals surface area contributed by atoms with Crippen molar-refractivity contribution < 1.29 is 32.5 Å². The summed E-state index contributed by atoms with van der Waals surface area (Å²) in [5.41, 5.74) is 0.962. The second-order valence-electron chi connectivity index (χ2n) is 8.38. The molecule has 0 aliphatic rings.